The zero-order chi connectivity index (χ0) is 25.4. The summed E-state index contributed by atoms with van der Waals surface area (Å²) in [4.78, 5) is 28.5. The van der Waals surface area contributed by atoms with E-state index in [1.54, 1.807) is 24.5 Å². The summed E-state index contributed by atoms with van der Waals surface area (Å²) in [5.41, 5.74) is 1.72. The van der Waals surface area contributed by atoms with Gasteiger partial charge in [0.2, 0.25) is 21.8 Å². The van der Waals surface area contributed by atoms with Crippen LogP contribution < -0.4 is 10.2 Å². The van der Waals surface area contributed by atoms with Gasteiger partial charge in [0, 0.05) is 26.2 Å². The SMILES string of the molecule is CCN(C[C@H](C(=O)NO)[C@@H](CC1CCCC1)C(=O)N1CCCCC1)S(=O)(=O)c1ccc(OC)cc1. The molecule has 2 atom stereocenters. The number of carbonyl (C=O) groups is 2. The largest absolute Gasteiger partial charge is 0.497 e. The molecule has 35 heavy (non-hydrogen) atoms. The Kier molecular flexibility index (Phi) is 9.94. The van der Waals surface area contributed by atoms with Crippen LogP contribution in [-0.4, -0.2) is 67.9 Å². The number of carbonyl (C=O) groups excluding carboxylic acids is 2. The average Bonchev–Trinajstić information content (AvgIpc) is 3.41. The molecule has 10 heteroatoms. The summed E-state index contributed by atoms with van der Waals surface area (Å²) in [7, 11) is -2.43. The Labute approximate surface area is 208 Å². The van der Waals surface area contributed by atoms with Gasteiger partial charge in [-0.25, -0.2) is 13.9 Å². The third-order valence-electron chi connectivity index (χ3n) is 7.43. The number of piperidine rings is 1. The Morgan fingerprint density at radius 1 is 1.09 bits per heavy atom. The smallest absolute Gasteiger partial charge is 0.248 e. The zero-order valence-electron chi connectivity index (χ0n) is 20.8. The summed E-state index contributed by atoms with van der Waals surface area (Å²) >= 11 is 0. The molecule has 0 radical (unpaired) electrons. The third-order valence-corrected chi connectivity index (χ3v) is 9.38. The first kappa shape index (κ1) is 27.4. The molecule has 9 nitrogen and oxygen atoms in total. The van der Waals surface area contributed by atoms with Crippen LogP contribution in [0.2, 0.25) is 0 Å². The first-order valence-electron chi connectivity index (χ1n) is 12.7. The molecule has 1 saturated carbocycles. The highest BCUT2D eigenvalue weighted by Crippen LogP contribution is 2.35. The Morgan fingerprint density at radius 3 is 2.26 bits per heavy atom. The number of methoxy groups -OCH3 is 1. The number of ether oxygens (including phenoxy) is 1. The van der Waals surface area contributed by atoms with Gasteiger partial charge in [-0.15, -0.1) is 0 Å². The van der Waals surface area contributed by atoms with Gasteiger partial charge in [-0.05, 0) is 55.9 Å². The minimum Gasteiger partial charge on any atom is -0.497 e. The maximum absolute atomic E-state index is 13.7. The molecule has 196 valence electrons. The highest BCUT2D eigenvalue weighted by Gasteiger charge is 2.41. The number of sulfonamides is 1. The van der Waals surface area contributed by atoms with Gasteiger partial charge < -0.3 is 9.64 Å². The molecule has 0 aromatic heterocycles. The molecule has 2 amide bonds. The van der Waals surface area contributed by atoms with E-state index < -0.39 is 27.8 Å². The van der Waals surface area contributed by atoms with Crippen molar-refractivity contribution < 1.29 is 28.0 Å². The van der Waals surface area contributed by atoms with E-state index in [2.05, 4.69) is 0 Å². The summed E-state index contributed by atoms with van der Waals surface area (Å²) in [6.45, 7) is 2.93. The molecule has 2 N–H and O–H groups in total. The zero-order valence-corrected chi connectivity index (χ0v) is 21.6. The summed E-state index contributed by atoms with van der Waals surface area (Å²) in [5, 5.41) is 9.56. The van der Waals surface area contributed by atoms with Gasteiger partial charge in [0.1, 0.15) is 5.75 Å². The van der Waals surface area contributed by atoms with E-state index in [1.807, 2.05) is 4.90 Å². The molecular weight excluding hydrogens is 470 g/mol. The number of hydroxylamine groups is 1. The van der Waals surface area contributed by atoms with Crippen molar-refractivity contribution in [1.82, 2.24) is 14.7 Å². The number of hydrogen-bond acceptors (Lipinski definition) is 6. The van der Waals surface area contributed by atoms with E-state index in [-0.39, 0.29) is 23.9 Å². The second kappa shape index (κ2) is 12.7. The van der Waals surface area contributed by atoms with E-state index in [4.69, 9.17) is 4.74 Å². The van der Waals surface area contributed by atoms with Crippen molar-refractivity contribution in [2.24, 2.45) is 17.8 Å². The van der Waals surface area contributed by atoms with Gasteiger partial charge in [0.05, 0.1) is 23.8 Å². The second-order valence-corrected chi connectivity index (χ2v) is 11.5. The molecule has 1 aromatic rings. The summed E-state index contributed by atoms with van der Waals surface area (Å²) < 4.78 is 33.2. The lowest BCUT2D eigenvalue weighted by atomic mass is 9.81. The van der Waals surface area contributed by atoms with Crippen LogP contribution in [0.4, 0.5) is 0 Å². The molecule has 0 unspecified atom stereocenters. The van der Waals surface area contributed by atoms with Gasteiger partial charge in [-0.1, -0.05) is 32.6 Å². The van der Waals surface area contributed by atoms with Crippen LogP contribution in [0.5, 0.6) is 5.75 Å². The van der Waals surface area contributed by atoms with Crippen LogP contribution in [0.1, 0.15) is 58.3 Å². The number of hydrogen-bond donors (Lipinski definition) is 2. The number of nitrogens with one attached hydrogen (secondary N) is 1. The molecule has 1 heterocycles. The van der Waals surface area contributed by atoms with Crippen LogP contribution in [0.25, 0.3) is 0 Å². The minimum atomic E-state index is -3.93. The molecular formula is C25H39N3O6S. The van der Waals surface area contributed by atoms with Gasteiger partial charge in [-0.2, -0.15) is 4.31 Å². The quantitative estimate of drug-likeness (QED) is 0.350. The van der Waals surface area contributed by atoms with Crippen LogP contribution in [0.15, 0.2) is 29.2 Å². The molecule has 1 aromatic carbocycles. The predicted molar refractivity (Wildman–Crippen MR) is 131 cm³/mol. The molecule has 3 rings (SSSR count). The first-order chi connectivity index (χ1) is 16.8. The minimum absolute atomic E-state index is 0.0815. The van der Waals surface area contributed by atoms with Crippen molar-refractivity contribution in [1.29, 1.82) is 0 Å². The second-order valence-electron chi connectivity index (χ2n) is 9.59. The van der Waals surface area contributed by atoms with E-state index >= 15 is 0 Å². The number of amides is 2. The first-order valence-corrected chi connectivity index (χ1v) is 14.1. The van der Waals surface area contributed by atoms with Gasteiger partial charge in [0.15, 0.2) is 0 Å². The lowest BCUT2D eigenvalue weighted by Gasteiger charge is -2.35. The number of nitrogens with zero attached hydrogens (tertiary/aromatic N) is 2. The molecule has 1 aliphatic carbocycles. The normalized spacial score (nSPS) is 18.9. The standard InChI is InChI=1S/C25H39N3O6S/c1-3-28(35(32,33)21-13-11-20(34-2)12-14-21)18-23(24(29)26-31)22(17-19-9-5-6-10-19)25(30)27-15-7-4-8-16-27/h11-14,19,22-23,31H,3-10,15-18H2,1-2H3,(H,26,29)/t22-,23+/m1/s1. The highest BCUT2D eigenvalue weighted by atomic mass is 32.2. The topological polar surface area (TPSA) is 116 Å². The van der Waals surface area contributed by atoms with Crippen molar-refractivity contribution in [3.8, 4) is 5.75 Å². The van der Waals surface area contributed by atoms with Crippen LogP contribution in [-0.2, 0) is 19.6 Å². The molecule has 2 fully saturated rings. The van der Waals surface area contributed by atoms with Crippen molar-refractivity contribution in [2.75, 3.05) is 33.3 Å². The van der Waals surface area contributed by atoms with Gasteiger partial charge in [0.25, 0.3) is 0 Å². The predicted octanol–water partition coefficient (Wildman–Crippen LogP) is 3.04. The number of benzene rings is 1. The van der Waals surface area contributed by atoms with E-state index in [0.717, 1.165) is 44.9 Å². The summed E-state index contributed by atoms with van der Waals surface area (Å²) in [5.74, 6) is -1.67. The fourth-order valence-corrected chi connectivity index (χ4v) is 6.86. The van der Waals surface area contributed by atoms with Crippen molar-refractivity contribution in [3.05, 3.63) is 24.3 Å². The molecule has 1 aliphatic heterocycles. The van der Waals surface area contributed by atoms with Crippen LogP contribution >= 0.6 is 0 Å². The van der Waals surface area contributed by atoms with Crippen LogP contribution in [0, 0.1) is 17.8 Å². The summed E-state index contributed by atoms with van der Waals surface area (Å²) in [6, 6.07) is 6.07. The highest BCUT2D eigenvalue weighted by molar-refractivity contribution is 7.89. The Bertz CT molecular complexity index is 940. The van der Waals surface area contributed by atoms with Crippen molar-refractivity contribution >= 4 is 21.8 Å². The maximum atomic E-state index is 13.7. The van der Waals surface area contributed by atoms with Gasteiger partial charge >= 0.3 is 0 Å². The Hall–Kier alpha value is -2.17. The number of likely N-dealkylation sites (tertiary alicyclic amines) is 1. The lowest BCUT2D eigenvalue weighted by molar-refractivity contribution is -0.147. The maximum Gasteiger partial charge on any atom is 0.248 e. The monoisotopic (exact) mass is 509 g/mol. The third kappa shape index (κ3) is 6.74. The van der Waals surface area contributed by atoms with Crippen molar-refractivity contribution in [3.63, 3.8) is 0 Å². The fraction of sp³-hybridized carbons (Fsp3) is 0.680. The fourth-order valence-electron chi connectivity index (χ4n) is 5.38. The molecule has 1 saturated heterocycles. The van der Waals surface area contributed by atoms with Gasteiger partial charge in [-0.3, -0.25) is 14.8 Å². The Balaban J connectivity index is 1.91. The summed E-state index contributed by atoms with van der Waals surface area (Å²) in [6.07, 6.45) is 7.63. The molecule has 0 bridgehead atoms. The number of rotatable bonds is 11. The lowest BCUT2D eigenvalue weighted by Crippen LogP contribution is -2.50. The van der Waals surface area contributed by atoms with E-state index in [0.29, 0.717) is 31.2 Å². The Morgan fingerprint density at radius 2 is 1.71 bits per heavy atom. The van der Waals surface area contributed by atoms with Crippen LogP contribution in [0.3, 0.4) is 0 Å². The molecule has 2 aliphatic rings. The average molecular weight is 510 g/mol. The van der Waals surface area contributed by atoms with E-state index in [9.17, 15) is 23.2 Å². The molecule has 0 spiro atoms. The van der Waals surface area contributed by atoms with E-state index in [1.165, 1.54) is 23.5 Å². The van der Waals surface area contributed by atoms with Crippen molar-refractivity contribution in [2.45, 2.75) is 63.2 Å².